The van der Waals surface area contributed by atoms with Crippen LogP contribution >= 0.6 is 0 Å². The average Bonchev–Trinajstić information content (AvgIpc) is 2.45. The zero-order valence-corrected chi connectivity index (χ0v) is 11.6. The summed E-state index contributed by atoms with van der Waals surface area (Å²) < 4.78 is 38.6. The molecule has 1 aliphatic rings. The van der Waals surface area contributed by atoms with Crippen molar-refractivity contribution in [3.63, 3.8) is 0 Å². The number of benzene rings is 1. The van der Waals surface area contributed by atoms with E-state index in [0.29, 0.717) is 12.5 Å². The molecule has 0 radical (unpaired) electrons. The minimum atomic E-state index is -4.52. The first-order valence-electron chi connectivity index (χ1n) is 7.08. The summed E-state index contributed by atoms with van der Waals surface area (Å²) in [6.07, 6.45) is -0.907. The molecule has 1 aliphatic carbocycles. The first kappa shape index (κ1) is 15.8. The van der Waals surface area contributed by atoms with Gasteiger partial charge in [0.2, 0.25) is 0 Å². The van der Waals surface area contributed by atoms with Crippen molar-refractivity contribution in [2.75, 3.05) is 6.54 Å². The van der Waals surface area contributed by atoms with Crippen LogP contribution in [0.25, 0.3) is 0 Å². The van der Waals surface area contributed by atoms with Crippen molar-refractivity contribution in [2.24, 2.45) is 11.7 Å². The lowest BCUT2D eigenvalue weighted by Gasteiger charge is -2.26. The second kappa shape index (κ2) is 6.47. The largest absolute Gasteiger partial charge is 0.417 e. The maximum atomic E-state index is 12.9. The Balaban J connectivity index is 1.98. The Morgan fingerprint density at radius 3 is 2.43 bits per heavy atom. The lowest BCUT2D eigenvalue weighted by Crippen LogP contribution is -2.34. The van der Waals surface area contributed by atoms with Crippen molar-refractivity contribution < 1.29 is 18.0 Å². The monoisotopic (exact) mass is 300 g/mol. The number of nitrogens with two attached hydrogens (primary N) is 1. The third-order valence-electron chi connectivity index (χ3n) is 3.92. The topological polar surface area (TPSA) is 55.1 Å². The molecule has 21 heavy (non-hydrogen) atoms. The molecular weight excluding hydrogens is 281 g/mol. The fraction of sp³-hybridized carbons (Fsp3) is 0.533. The maximum Gasteiger partial charge on any atom is 0.417 e. The van der Waals surface area contributed by atoms with E-state index in [2.05, 4.69) is 5.32 Å². The number of alkyl halides is 3. The van der Waals surface area contributed by atoms with Crippen LogP contribution in [0.3, 0.4) is 0 Å². The van der Waals surface area contributed by atoms with Gasteiger partial charge in [-0.3, -0.25) is 4.79 Å². The standard InChI is InChI=1S/C15H19F3N2O/c16-15(17,18)13-4-2-1-3-12(13)14(21)20-9-10-5-7-11(19)8-6-10/h1-4,10-11H,5-9,19H2,(H,20,21). The normalized spacial score (nSPS) is 22.9. The van der Waals surface area contributed by atoms with Crippen molar-refractivity contribution in [1.82, 2.24) is 5.32 Å². The predicted molar refractivity (Wildman–Crippen MR) is 73.7 cm³/mol. The molecule has 116 valence electrons. The summed E-state index contributed by atoms with van der Waals surface area (Å²) in [5, 5.41) is 2.62. The molecule has 2 rings (SSSR count). The first-order valence-corrected chi connectivity index (χ1v) is 7.08. The van der Waals surface area contributed by atoms with E-state index in [1.807, 2.05) is 0 Å². The Kier molecular flexibility index (Phi) is 4.88. The summed E-state index contributed by atoms with van der Waals surface area (Å²) in [6.45, 7) is 0.401. The van der Waals surface area contributed by atoms with Crippen molar-refractivity contribution in [3.8, 4) is 0 Å². The maximum absolute atomic E-state index is 12.9. The molecule has 0 saturated heterocycles. The summed E-state index contributed by atoms with van der Waals surface area (Å²) in [7, 11) is 0. The van der Waals surface area contributed by atoms with Crippen LogP contribution in [-0.4, -0.2) is 18.5 Å². The molecule has 1 saturated carbocycles. The summed E-state index contributed by atoms with van der Waals surface area (Å²) in [5.74, 6) is -0.371. The van der Waals surface area contributed by atoms with Crippen molar-refractivity contribution in [1.29, 1.82) is 0 Å². The SMILES string of the molecule is NC1CCC(CNC(=O)c2ccccc2C(F)(F)F)CC1. The van der Waals surface area contributed by atoms with E-state index in [4.69, 9.17) is 5.73 Å². The Bertz CT molecular complexity index is 494. The van der Waals surface area contributed by atoms with Crippen LogP contribution in [0.5, 0.6) is 0 Å². The number of hydrogen-bond acceptors (Lipinski definition) is 2. The lowest BCUT2D eigenvalue weighted by atomic mass is 9.86. The highest BCUT2D eigenvalue weighted by atomic mass is 19.4. The van der Waals surface area contributed by atoms with E-state index in [9.17, 15) is 18.0 Å². The van der Waals surface area contributed by atoms with Gasteiger partial charge in [-0.05, 0) is 43.7 Å². The zero-order valence-electron chi connectivity index (χ0n) is 11.6. The van der Waals surface area contributed by atoms with Crippen LogP contribution in [0.15, 0.2) is 24.3 Å². The molecule has 0 spiro atoms. The Labute approximate surface area is 121 Å². The van der Waals surface area contributed by atoms with Gasteiger partial charge in [-0.1, -0.05) is 12.1 Å². The fourth-order valence-electron chi connectivity index (χ4n) is 2.65. The smallest absolute Gasteiger partial charge is 0.352 e. The molecule has 6 heteroatoms. The van der Waals surface area contributed by atoms with Crippen molar-refractivity contribution >= 4 is 5.91 Å². The number of amides is 1. The minimum Gasteiger partial charge on any atom is -0.352 e. The number of halogens is 3. The van der Waals surface area contributed by atoms with Crippen LogP contribution in [0.4, 0.5) is 13.2 Å². The van der Waals surface area contributed by atoms with Gasteiger partial charge in [-0.25, -0.2) is 0 Å². The number of rotatable bonds is 3. The molecule has 0 bridgehead atoms. The molecular formula is C15H19F3N2O. The summed E-state index contributed by atoms with van der Waals surface area (Å²) in [5.41, 5.74) is 4.58. The molecule has 3 N–H and O–H groups in total. The molecule has 1 aromatic rings. The highest BCUT2D eigenvalue weighted by molar-refractivity contribution is 5.95. The molecule has 0 unspecified atom stereocenters. The van der Waals surface area contributed by atoms with Gasteiger partial charge in [0, 0.05) is 12.6 Å². The van der Waals surface area contributed by atoms with Gasteiger partial charge < -0.3 is 11.1 Å². The van der Waals surface area contributed by atoms with Gasteiger partial charge in [0.15, 0.2) is 0 Å². The second-order valence-corrected chi connectivity index (χ2v) is 5.53. The Hall–Kier alpha value is -1.56. The molecule has 0 aliphatic heterocycles. The van der Waals surface area contributed by atoms with Crippen LogP contribution < -0.4 is 11.1 Å². The van der Waals surface area contributed by atoms with Gasteiger partial charge >= 0.3 is 6.18 Å². The van der Waals surface area contributed by atoms with Gasteiger partial charge in [0.25, 0.3) is 5.91 Å². The third kappa shape index (κ3) is 4.20. The molecule has 1 fully saturated rings. The van der Waals surface area contributed by atoms with Crippen molar-refractivity contribution in [3.05, 3.63) is 35.4 Å². The molecule has 1 aromatic carbocycles. The predicted octanol–water partition coefficient (Wildman–Crippen LogP) is 2.95. The first-order chi connectivity index (χ1) is 9.88. The van der Waals surface area contributed by atoms with Crippen LogP contribution in [0.1, 0.15) is 41.6 Å². The molecule has 0 heterocycles. The van der Waals surface area contributed by atoms with E-state index in [-0.39, 0.29) is 11.6 Å². The van der Waals surface area contributed by atoms with Gasteiger partial charge in [-0.2, -0.15) is 13.2 Å². The van der Waals surface area contributed by atoms with E-state index in [1.54, 1.807) is 0 Å². The number of hydrogen-bond donors (Lipinski definition) is 2. The molecule has 0 atom stereocenters. The van der Waals surface area contributed by atoms with E-state index in [0.717, 1.165) is 31.7 Å². The average molecular weight is 300 g/mol. The number of nitrogens with one attached hydrogen (secondary N) is 1. The Morgan fingerprint density at radius 1 is 1.19 bits per heavy atom. The number of carbonyl (C=O) groups is 1. The summed E-state index contributed by atoms with van der Waals surface area (Å²) in [4.78, 5) is 12.0. The second-order valence-electron chi connectivity index (χ2n) is 5.53. The molecule has 3 nitrogen and oxygen atoms in total. The fourth-order valence-corrected chi connectivity index (χ4v) is 2.65. The van der Waals surface area contributed by atoms with Crippen molar-refractivity contribution in [2.45, 2.75) is 37.9 Å². The Morgan fingerprint density at radius 2 is 1.81 bits per heavy atom. The number of carbonyl (C=O) groups excluding carboxylic acids is 1. The van der Waals surface area contributed by atoms with E-state index < -0.39 is 17.6 Å². The highest BCUT2D eigenvalue weighted by Gasteiger charge is 2.34. The molecule has 0 aromatic heterocycles. The third-order valence-corrected chi connectivity index (χ3v) is 3.92. The lowest BCUT2D eigenvalue weighted by molar-refractivity contribution is -0.137. The van der Waals surface area contributed by atoms with Gasteiger partial charge in [0.05, 0.1) is 11.1 Å². The van der Waals surface area contributed by atoms with Gasteiger partial charge in [0.1, 0.15) is 0 Å². The minimum absolute atomic E-state index is 0.211. The zero-order chi connectivity index (χ0) is 15.5. The summed E-state index contributed by atoms with van der Waals surface area (Å²) >= 11 is 0. The quantitative estimate of drug-likeness (QED) is 0.901. The van der Waals surface area contributed by atoms with Crippen LogP contribution in [0.2, 0.25) is 0 Å². The van der Waals surface area contributed by atoms with Crippen LogP contribution in [-0.2, 0) is 6.18 Å². The van der Waals surface area contributed by atoms with Crippen LogP contribution in [0, 0.1) is 5.92 Å². The van der Waals surface area contributed by atoms with E-state index in [1.165, 1.54) is 18.2 Å². The highest BCUT2D eigenvalue weighted by Crippen LogP contribution is 2.31. The summed E-state index contributed by atoms with van der Waals surface area (Å²) in [6, 6.07) is 5.05. The van der Waals surface area contributed by atoms with Gasteiger partial charge in [-0.15, -0.1) is 0 Å². The van der Waals surface area contributed by atoms with E-state index >= 15 is 0 Å². The molecule has 1 amide bonds.